The lowest BCUT2D eigenvalue weighted by atomic mass is 10.1. The van der Waals surface area contributed by atoms with Crippen LogP contribution in [0.2, 0.25) is 0 Å². The standard InChI is InChI=1S/C21H23N3O2/c25-21(23-14-6-10-18-8-2-1-3-9-18)24(17-20-12-7-15-26-20)16-19-11-4-5-13-22-19/h1-5,7-9,11-13,15H,6,10,14,16-17H2,(H,23,25). The molecule has 1 N–H and O–H groups in total. The van der Waals surface area contributed by atoms with Crippen LogP contribution in [-0.2, 0) is 19.5 Å². The van der Waals surface area contributed by atoms with Crippen LogP contribution in [0.5, 0.6) is 0 Å². The number of carbonyl (C=O) groups is 1. The summed E-state index contributed by atoms with van der Waals surface area (Å²) in [5.74, 6) is 0.750. The Morgan fingerprint density at radius 2 is 1.85 bits per heavy atom. The number of nitrogens with one attached hydrogen (secondary N) is 1. The van der Waals surface area contributed by atoms with Gasteiger partial charge in [-0.15, -0.1) is 0 Å². The number of hydrogen-bond acceptors (Lipinski definition) is 3. The molecule has 2 amide bonds. The lowest BCUT2D eigenvalue weighted by Crippen LogP contribution is -2.39. The number of pyridine rings is 1. The second-order valence-electron chi connectivity index (χ2n) is 6.08. The third kappa shape index (κ3) is 5.48. The summed E-state index contributed by atoms with van der Waals surface area (Å²) in [5.41, 5.74) is 2.13. The molecule has 0 unspecified atom stereocenters. The Bertz CT molecular complexity index is 774. The summed E-state index contributed by atoms with van der Waals surface area (Å²) in [6.07, 6.45) is 5.19. The van der Waals surface area contributed by atoms with E-state index in [1.54, 1.807) is 17.4 Å². The number of furan rings is 1. The van der Waals surface area contributed by atoms with Gasteiger partial charge >= 0.3 is 6.03 Å². The molecule has 3 aromatic rings. The highest BCUT2D eigenvalue weighted by Crippen LogP contribution is 2.10. The molecule has 0 fully saturated rings. The van der Waals surface area contributed by atoms with Gasteiger partial charge in [0.05, 0.1) is 25.0 Å². The smallest absolute Gasteiger partial charge is 0.318 e. The van der Waals surface area contributed by atoms with Gasteiger partial charge in [0.15, 0.2) is 0 Å². The molecule has 0 aliphatic carbocycles. The van der Waals surface area contributed by atoms with Crippen LogP contribution in [0.3, 0.4) is 0 Å². The Hall–Kier alpha value is -3.08. The average molecular weight is 349 g/mol. The molecule has 0 saturated heterocycles. The summed E-state index contributed by atoms with van der Waals surface area (Å²) in [6.45, 7) is 1.48. The first kappa shape index (κ1) is 17.7. The van der Waals surface area contributed by atoms with Crippen molar-refractivity contribution in [1.29, 1.82) is 0 Å². The Morgan fingerprint density at radius 3 is 2.58 bits per heavy atom. The van der Waals surface area contributed by atoms with Crippen molar-refractivity contribution in [2.75, 3.05) is 6.54 Å². The highest BCUT2D eigenvalue weighted by Gasteiger charge is 2.16. The molecule has 0 radical (unpaired) electrons. The second-order valence-corrected chi connectivity index (χ2v) is 6.08. The molecule has 26 heavy (non-hydrogen) atoms. The highest BCUT2D eigenvalue weighted by molar-refractivity contribution is 5.74. The largest absolute Gasteiger partial charge is 0.467 e. The van der Waals surface area contributed by atoms with E-state index in [4.69, 9.17) is 4.42 Å². The van der Waals surface area contributed by atoms with E-state index >= 15 is 0 Å². The van der Waals surface area contributed by atoms with Crippen molar-refractivity contribution in [3.05, 3.63) is 90.1 Å². The summed E-state index contributed by atoms with van der Waals surface area (Å²) in [4.78, 5) is 18.7. The van der Waals surface area contributed by atoms with E-state index < -0.39 is 0 Å². The molecule has 0 bridgehead atoms. The van der Waals surface area contributed by atoms with Gasteiger partial charge in [-0.05, 0) is 42.7 Å². The van der Waals surface area contributed by atoms with E-state index in [-0.39, 0.29) is 6.03 Å². The number of rotatable bonds is 8. The van der Waals surface area contributed by atoms with Crippen LogP contribution in [0.1, 0.15) is 23.4 Å². The van der Waals surface area contributed by atoms with Gasteiger partial charge in [0.2, 0.25) is 0 Å². The number of carbonyl (C=O) groups excluding carboxylic acids is 1. The Balaban J connectivity index is 1.53. The fraction of sp³-hybridized carbons (Fsp3) is 0.238. The Morgan fingerprint density at radius 1 is 1.00 bits per heavy atom. The average Bonchev–Trinajstić information content (AvgIpc) is 3.19. The van der Waals surface area contributed by atoms with E-state index in [9.17, 15) is 4.79 Å². The van der Waals surface area contributed by atoms with Crippen LogP contribution >= 0.6 is 0 Å². The van der Waals surface area contributed by atoms with Gasteiger partial charge in [0.25, 0.3) is 0 Å². The van der Waals surface area contributed by atoms with Gasteiger partial charge in [-0.3, -0.25) is 4.98 Å². The molecule has 0 saturated carbocycles. The fourth-order valence-electron chi connectivity index (χ4n) is 2.72. The number of nitrogens with zero attached hydrogens (tertiary/aromatic N) is 2. The van der Waals surface area contributed by atoms with E-state index in [0.717, 1.165) is 24.3 Å². The molecule has 3 rings (SSSR count). The monoisotopic (exact) mass is 349 g/mol. The van der Waals surface area contributed by atoms with Crippen molar-refractivity contribution in [2.24, 2.45) is 0 Å². The third-order valence-electron chi connectivity index (χ3n) is 4.05. The Labute approximate surface area is 153 Å². The molecule has 5 heteroatoms. The first-order valence-electron chi connectivity index (χ1n) is 8.80. The maximum Gasteiger partial charge on any atom is 0.318 e. The first-order chi connectivity index (χ1) is 12.8. The third-order valence-corrected chi connectivity index (χ3v) is 4.05. The first-order valence-corrected chi connectivity index (χ1v) is 8.80. The van der Waals surface area contributed by atoms with Gasteiger partial charge < -0.3 is 14.6 Å². The topological polar surface area (TPSA) is 58.4 Å². The molecule has 0 aliphatic heterocycles. The zero-order chi connectivity index (χ0) is 18.0. The predicted octanol–water partition coefficient (Wildman–Crippen LogP) is 4.02. The van der Waals surface area contributed by atoms with Gasteiger partial charge in [-0.1, -0.05) is 36.4 Å². The zero-order valence-corrected chi connectivity index (χ0v) is 14.7. The van der Waals surface area contributed by atoms with Crippen LogP contribution in [0.25, 0.3) is 0 Å². The minimum Gasteiger partial charge on any atom is -0.467 e. The second kappa shape index (κ2) is 9.42. The van der Waals surface area contributed by atoms with E-state index in [1.165, 1.54) is 5.56 Å². The minimum absolute atomic E-state index is 0.111. The normalized spacial score (nSPS) is 10.5. The molecular formula is C21H23N3O2. The predicted molar refractivity (Wildman–Crippen MR) is 100 cm³/mol. The van der Waals surface area contributed by atoms with Crippen LogP contribution in [0.15, 0.2) is 77.5 Å². The quantitative estimate of drug-likeness (QED) is 0.625. The van der Waals surface area contributed by atoms with Gasteiger partial charge in [0.1, 0.15) is 5.76 Å². The number of aromatic nitrogens is 1. The molecular weight excluding hydrogens is 326 g/mol. The van der Waals surface area contributed by atoms with E-state index in [0.29, 0.717) is 19.6 Å². The number of urea groups is 1. The van der Waals surface area contributed by atoms with Crippen molar-refractivity contribution in [3.8, 4) is 0 Å². The number of benzene rings is 1. The van der Waals surface area contributed by atoms with Crippen molar-refractivity contribution in [1.82, 2.24) is 15.2 Å². The molecule has 2 aromatic heterocycles. The maximum atomic E-state index is 12.6. The van der Waals surface area contributed by atoms with Crippen LogP contribution < -0.4 is 5.32 Å². The Kier molecular flexibility index (Phi) is 6.42. The molecule has 0 atom stereocenters. The summed E-state index contributed by atoms with van der Waals surface area (Å²) in [7, 11) is 0. The van der Waals surface area contributed by atoms with Crippen LogP contribution in [0.4, 0.5) is 4.79 Å². The minimum atomic E-state index is -0.111. The van der Waals surface area contributed by atoms with Gasteiger partial charge in [-0.2, -0.15) is 0 Å². The molecule has 1 aromatic carbocycles. The van der Waals surface area contributed by atoms with Gasteiger partial charge in [-0.25, -0.2) is 4.79 Å². The molecule has 0 spiro atoms. The number of amides is 2. The summed E-state index contributed by atoms with van der Waals surface area (Å²) in [5, 5.41) is 3.00. The zero-order valence-electron chi connectivity index (χ0n) is 14.7. The molecule has 2 heterocycles. The SMILES string of the molecule is O=C(NCCCc1ccccc1)N(Cc1ccccn1)Cc1ccco1. The molecule has 134 valence electrons. The highest BCUT2D eigenvalue weighted by atomic mass is 16.3. The number of aryl methyl sites for hydroxylation is 1. The lowest BCUT2D eigenvalue weighted by molar-refractivity contribution is 0.186. The van der Waals surface area contributed by atoms with E-state index in [1.807, 2.05) is 48.5 Å². The van der Waals surface area contributed by atoms with Crippen LogP contribution in [0, 0.1) is 0 Å². The fourth-order valence-corrected chi connectivity index (χ4v) is 2.72. The summed E-state index contributed by atoms with van der Waals surface area (Å²) < 4.78 is 5.39. The lowest BCUT2D eigenvalue weighted by Gasteiger charge is -2.22. The van der Waals surface area contributed by atoms with Gasteiger partial charge in [0, 0.05) is 12.7 Å². The van der Waals surface area contributed by atoms with E-state index in [2.05, 4.69) is 22.4 Å². The van der Waals surface area contributed by atoms with Crippen molar-refractivity contribution in [3.63, 3.8) is 0 Å². The van der Waals surface area contributed by atoms with Crippen molar-refractivity contribution < 1.29 is 9.21 Å². The van der Waals surface area contributed by atoms with Crippen LogP contribution in [-0.4, -0.2) is 22.5 Å². The summed E-state index contributed by atoms with van der Waals surface area (Å²) >= 11 is 0. The maximum absolute atomic E-state index is 12.6. The van der Waals surface area contributed by atoms with Crippen molar-refractivity contribution in [2.45, 2.75) is 25.9 Å². The van der Waals surface area contributed by atoms with Crippen molar-refractivity contribution >= 4 is 6.03 Å². The number of hydrogen-bond donors (Lipinski definition) is 1. The molecule has 0 aliphatic rings. The summed E-state index contributed by atoms with van der Waals surface area (Å²) in [6, 6.07) is 19.6. The molecule has 5 nitrogen and oxygen atoms in total.